The monoisotopic (exact) mass is 237 g/mol. The second-order valence-corrected chi connectivity index (χ2v) is 5.07. The van der Waals surface area contributed by atoms with Gasteiger partial charge in [0.1, 0.15) is 12.7 Å². The van der Waals surface area contributed by atoms with Crippen LogP contribution in [0.1, 0.15) is 12.5 Å². The van der Waals surface area contributed by atoms with E-state index in [-0.39, 0.29) is 4.90 Å². The molecule has 0 aliphatic rings. The summed E-state index contributed by atoms with van der Waals surface area (Å²) in [7, 11) is -3.58. The van der Waals surface area contributed by atoms with Gasteiger partial charge in [-0.3, -0.25) is 0 Å². The van der Waals surface area contributed by atoms with Crippen LogP contribution in [0, 0.1) is 0 Å². The molecule has 0 aliphatic carbocycles. The van der Waals surface area contributed by atoms with Crippen molar-refractivity contribution in [1.82, 2.24) is 14.2 Å². The molecule has 1 aromatic heterocycles. The van der Waals surface area contributed by atoms with Gasteiger partial charge in [-0.15, -0.1) is 9.19 Å². The first-order valence-corrected chi connectivity index (χ1v) is 6.27. The van der Waals surface area contributed by atoms with Gasteiger partial charge in [-0.25, -0.2) is 4.98 Å². The van der Waals surface area contributed by atoms with Gasteiger partial charge in [-0.05, 0) is 24.1 Å². The third kappa shape index (κ3) is 1.83. The molecule has 2 aromatic rings. The van der Waals surface area contributed by atoms with Gasteiger partial charge < -0.3 is 0 Å². The van der Waals surface area contributed by atoms with Crippen molar-refractivity contribution in [3.63, 3.8) is 0 Å². The van der Waals surface area contributed by atoms with Crippen LogP contribution in [0.3, 0.4) is 0 Å². The molecule has 84 valence electrons. The fourth-order valence-corrected chi connectivity index (χ4v) is 2.37. The molecule has 0 N–H and O–H groups in total. The highest BCUT2D eigenvalue weighted by atomic mass is 32.2. The van der Waals surface area contributed by atoms with Gasteiger partial charge in [0, 0.05) is 0 Å². The Morgan fingerprint density at radius 1 is 1.25 bits per heavy atom. The number of nitrogens with zero attached hydrogens (tertiary/aromatic N) is 3. The van der Waals surface area contributed by atoms with Crippen molar-refractivity contribution in [3.8, 4) is 0 Å². The molecular formula is C10H11N3O2S. The van der Waals surface area contributed by atoms with E-state index in [2.05, 4.69) is 10.1 Å². The van der Waals surface area contributed by atoms with Crippen molar-refractivity contribution in [3.05, 3.63) is 42.5 Å². The predicted octanol–water partition coefficient (Wildman–Crippen LogP) is 1.08. The number of hydrogen-bond donors (Lipinski definition) is 0. The topological polar surface area (TPSA) is 64.8 Å². The lowest BCUT2D eigenvalue weighted by Gasteiger charge is -2.03. The Morgan fingerprint density at radius 2 is 1.94 bits per heavy atom. The molecule has 2 rings (SSSR count). The van der Waals surface area contributed by atoms with Crippen LogP contribution in [-0.2, 0) is 16.4 Å². The third-order valence-corrected chi connectivity index (χ3v) is 3.82. The highest BCUT2D eigenvalue weighted by molar-refractivity contribution is 7.89. The highest BCUT2D eigenvalue weighted by Crippen LogP contribution is 2.13. The molecule has 0 aliphatic heterocycles. The van der Waals surface area contributed by atoms with E-state index >= 15 is 0 Å². The van der Waals surface area contributed by atoms with E-state index in [9.17, 15) is 8.42 Å². The summed E-state index contributed by atoms with van der Waals surface area (Å²) in [5, 5.41) is 3.62. The van der Waals surface area contributed by atoms with Crippen molar-refractivity contribution in [2.24, 2.45) is 0 Å². The fourth-order valence-electron chi connectivity index (χ4n) is 1.33. The molecule has 16 heavy (non-hydrogen) atoms. The Labute approximate surface area is 93.8 Å². The van der Waals surface area contributed by atoms with E-state index in [1.165, 1.54) is 12.7 Å². The summed E-state index contributed by atoms with van der Waals surface area (Å²) in [6.45, 7) is 2.01. The van der Waals surface area contributed by atoms with Gasteiger partial charge in [0.15, 0.2) is 0 Å². The van der Waals surface area contributed by atoms with Gasteiger partial charge in [-0.2, -0.15) is 8.42 Å². The SMILES string of the molecule is CCc1ccc(S(=O)(=O)n2cncn2)cc1. The van der Waals surface area contributed by atoms with Gasteiger partial charge in [-0.1, -0.05) is 19.1 Å². The minimum atomic E-state index is -3.58. The molecule has 0 amide bonds. The van der Waals surface area contributed by atoms with Crippen LogP contribution in [-0.4, -0.2) is 22.6 Å². The summed E-state index contributed by atoms with van der Waals surface area (Å²) in [6, 6.07) is 6.75. The maximum Gasteiger partial charge on any atom is 0.284 e. The Bertz CT molecular complexity index is 559. The van der Waals surface area contributed by atoms with Crippen LogP contribution in [0.2, 0.25) is 0 Å². The molecule has 1 heterocycles. The van der Waals surface area contributed by atoms with Crippen LogP contribution >= 0.6 is 0 Å². The molecular weight excluding hydrogens is 226 g/mol. The zero-order valence-corrected chi connectivity index (χ0v) is 9.55. The first-order valence-electron chi connectivity index (χ1n) is 4.83. The second kappa shape index (κ2) is 4.05. The van der Waals surface area contributed by atoms with Gasteiger partial charge in [0.25, 0.3) is 10.0 Å². The molecule has 0 saturated heterocycles. The molecule has 0 fully saturated rings. The molecule has 5 nitrogen and oxygen atoms in total. The second-order valence-electron chi connectivity index (χ2n) is 3.27. The van der Waals surface area contributed by atoms with Crippen LogP contribution in [0.15, 0.2) is 41.8 Å². The van der Waals surface area contributed by atoms with Crippen molar-refractivity contribution in [1.29, 1.82) is 0 Å². The zero-order valence-electron chi connectivity index (χ0n) is 8.74. The van der Waals surface area contributed by atoms with E-state index < -0.39 is 10.0 Å². The minimum Gasteiger partial charge on any atom is -0.222 e. The number of hydrogen-bond acceptors (Lipinski definition) is 4. The quantitative estimate of drug-likeness (QED) is 0.801. The molecule has 0 unspecified atom stereocenters. The van der Waals surface area contributed by atoms with Crippen molar-refractivity contribution >= 4 is 10.0 Å². The summed E-state index contributed by atoms with van der Waals surface area (Å²) in [5.74, 6) is 0. The summed E-state index contributed by atoms with van der Waals surface area (Å²) in [5.41, 5.74) is 1.09. The maximum atomic E-state index is 12.0. The third-order valence-electron chi connectivity index (χ3n) is 2.27. The normalized spacial score (nSPS) is 11.6. The van der Waals surface area contributed by atoms with Crippen LogP contribution in [0.25, 0.3) is 0 Å². The standard InChI is InChI=1S/C10H11N3O2S/c1-2-9-3-5-10(6-4-9)16(14,15)13-8-11-7-12-13/h3-8H,2H2,1H3. The van der Waals surface area contributed by atoms with E-state index in [1.54, 1.807) is 24.3 Å². The minimum absolute atomic E-state index is 0.218. The van der Waals surface area contributed by atoms with Gasteiger partial charge in [0.05, 0.1) is 4.90 Å². The molecule has 0 radical (unpaired) electrons. The van der Waals surface area contributed by atoms with Crippen molar-refractivity contribution in [2.45, 2.75) is 18.2 Å². The summed E-state index contributed by atoms with van der Waals surface area (Å²) >= 11 is 0. The van der Waals surface area contributed by atoms with Crippen LogP contribution in [0.4, 0.5) is 0 Å². The van der Waals surface area contributed by atoms with Crippen LogP contribution in [0.5, 0.6) is 0 Å². The van der Waals surface area contributed by atoms with E-state index in [1.807, 2.05) is 6.92 Å². The average molecular weight is 237 g/mol. The Kier molecular flexibility index (Phi) is 2.74. The Balaban J connectivity index is 2.44. The average Bonchev–Trinajstić information content (AvgIpc) is 2.83. The van der Waals surface area contributed by atoms with Gasteiger partial charge >= 0.3 is 0 Å². The Morgan fingerprint density at radius 3 is 2.44 bits per heavy atom. The number of rotatable bonds is 3. The molecule has 1 aromatic carbocycles. The first kappa shape index (κ1) is 10.8. The molecule has 0 atom stereocenters. The molecule has 0 spiro atoms. The Hall–Kier alpha value is -1.69. The van der Waals surface area contributed by atoms with E-state index in [0.717, 1.165) is 16.1 Å². The zero-order chi connectivity index (χ0) is 11.6. The number of benzene rings is 1. The highest BCUT2D eigenvalue weighted by Gasteiger charge is 2.16. The van der Waals surface area contributed by atoms with Crippen molar-refractivity contribution in [2.75, 3.05) is 0 Å². The largest absolute Gasteiger partial charge is 0.284 e. The van der Waals surface area contributed by atoms with Crippen molar-refractivity contribution < 1.29 is 8.42 Å². The fraction of sp³-hybridized carbons (Fsp3) is 0.200. The maximum absolute atomic E-state index is 12.0. The first-order chi connectivity index (χ1) is 7.64. The van der Waals surface area contributed by atoms with Crippen LogP contribution < -0.4 is 0 Å². The van der Waals surface area contributed by atoms with Gasteiger partial charge in [0.2, 0.25) is 0 Å². The lowest BCUT2D eigenvalue weighted by molar-refractivity contribution is 0.580. The molecule has 0 saturated carbocycles. The smallest absolute Gasteiger partial charge is 0.222 e. The number of aromatic nitrogens is 3. The number of aryl methyl sites for hydroxylation is 1. The lowest BCUT2D eigenvalue weighted by atomic mass is 10.2. The predicted molar refractivity (Wildman–Crippen MR) is 58.4 cm³/mol. The summed E-state index contributed by atoms with van der Waals surface area (Å²) in [4.78, 5) is 3.84. The molecule has 6 heteroatoms. The lowest BCUT2D eigenvalue weighted by Crippen LogP contribution is -2.13. The van der Waals surface area contributed by atoms with E-state index in [0.29, 0.717) is 0 Å². The molecule has 0 bridgehead atoms. The summed E-state index contributed by atoms with van der Waals surface area (Å²) in [6.07, 6.45) is 3.24. The van der Waals surface area contributed by atoms with E-state index in [4.69, 9.17) is 0 Å². The summed E-state index contributed by atoms with van der Waals surface area (Å²) < 4.78 is 24.8.